The lowest BCUT2D eigenvalue weighted by molar-refractivity contribution is 0.413. The van der Waals surface area contributed by atoms with Crippen LogP contribution in [0.1, 0.15) is 5.89 Å². The highest BCUT2D eigenvalue weighted by molar-refractivity contribution is 6.35. The van der Waals surface area contributed by atoms with Gasteiger partial charge in [0.05, 0.1) is 19.2 Å². The Bertz CT molecular complexity index is 800. The second kappa shape index (κ2) is 6.89. The SMILES string of the molecule is COc1ccccc1-c1nnc(CNc2cc(Cl)cc(Cl)c2)o1. The van der Waals surface area contributed by atoms with E-state index in [4.69, 9.17) is 32.4 Å². The van der Waals surface area contributed by atoms with E-state index in [1.807, 2.05) is 24.3 Å². The van der Waals surface area contributed by atoms with Gasteiger partial charge in [0.25, 0.3) is 5.89 Å². The van der Waals surface area contributed by atoms with Crippen LogP contribution in [0.3, 0.4) is 0 Å². The van der Waals surface area contributed by atoms with E-state index in [1.54, 1.807) is 25.3 Å². The predicted octanol–water partition coefficient (Wildman–Crippen LogP) is 4.66. The molecule has 0 aliphatic heterocycles. The molecule has 0 aliphatic carbocycles. The lowest BCUT2D eigenvalue weighted by Gasteiger charge is -2.05. The summed E-state index contributed by atoms with van der Waals surface area (Å²) in [6.45, 7) is 0.360. The van der Waals surface area contributed by atoms with Crippen LogP contribution in [0.25, 0.3) is 11.5 Å². The number of hydrogen-bond donors (Lipinski definition) is 1. The Morgan fingerprint density at radius 3 is 2.57 bits per heavy atom. The molecule has 0 aliphatic rings. The molecule has 5 nitrogen and oxygen atoms in total. The average molecular weight is 350 g/mol. The van der Waals surface area contributed by atoms with Crippen molar-refractivity contribution >= 4 is 28.9 Å². The van der Waals surface area contributed by atoms with Crippen LogP contribution < -0.4 is 10.1 Å². The number of methoxy groups -OCH3 is 1. The number of nitrogens with zero attached hydrogens (tertiary/aromatic N) is 2. The molecule has 0 spiro atoms. The highest BCUT2D eigenvalue weighted by Gasteiger charge is 2.12. The van der Waals surface area contributed by atoms with E-state index in [0.29, 0.717) is 34.1 Å². The number of anilines is 1. The van der Waals surface area contributed by atoms with Gasteiger partial charge in [-0.05, 0) is 30.3 Å². The van der Waals surface area contributed by atoms with Crippen molar-refractivity contribution in [1.82, 2.24) is 10.2 Å². The maximum atomic E-state index is 5.96. The summed E-state index contributed by atoms with van der Waals surface area (Å²) in [4.78, 5) is 0. The van der Waals surface area contributed by atoms with Gasteiger partial charge >= 0.3 is 0 Å². The molecule has 0 unspecified atom stereocenters. The molecule has 0 saturated heterocycles. The zero-order valence-electron chi connectivity index (χ0n) is 12.2. The minimum Gasteiger partial charge on any atom is -0.496 e. The number of para-hydroxylation sites is 1. The van der Waals surface area contributed by atoms with Crippen molar-refractivity contribution in [1.29, 1.82) is 0 Å². The summed E-state index contributed by atoms with van der Waals surface area (Å²) in [7, 11) is 1.60. The molecule has 0 amide bonds. The molecule has 1 heterocycles. The van der Waals surface area contributed by atoms with Crippen molar-refractivity contribution in [3.63, 3.8) is 0 Å². The molecule has 7 heteroatoms. The summed E-state index contributed by atoms with van der Waals surface area (Å²) in [6.07, 6.45) is 0. The van der Waals surface area contributed by atoms with Crippen molar-refractivity contribution in [3.05, 3.63) is 58.4 Å². The third-order valence-corrected chi connectivity index (χ3v) is 3.55. The van der Waals surface area contributed by atoms with Crippen LogP contribution in [0.2, 0.25) is 10.0 Å². The molecule has 0 atom stereocenters. The number of benzene rings is 2. The van der Waals surface area contributed by atoms with Gasteiger partial charge in [0, 0.05) is 15.7 Å². The smallest absolute Gasteiger partial charge is 0.251 e. The summed E-state index contributed by atoms with van der Waals surface area (Å²) >= 11 is 11.9. The predicted molar refractivity (Wildman–Crippen MR) is 90.1 cm³/mol. The quantitative estimate of drug-likeness (QED) is 0.725. The molecule has 3 aromatic rings. The third-order valence-electron chi connectivity index (χ3n) is 3.11. The molecule has 0 radical (unpaired) electrons. The van der Waals surface area contributed by atoms with Gasteiger partial charge in [0.2, 0.25) is 5.89 Å². The summed E-state index contributed by atoms with van der Waals surface area (Å²) in [5, 5.41) is 12.3. The highest BCUT2D eigenvalue weighted by atomic mass is 35.5. The number of nitrogens with one attached hydrogen (secondary N) is 1. The summed E-state index contributed by atoms with van der Waals surface area (Å²) in [5.41, 5.74) is 1.53. The second-order valence-corrected chi connectivity index (χ2v) is 5.59. The average Bonchev–Trinajstić information content (AvgIpc) is 3.01. The zero-order chi connectivity index (χ0) is 16.2. The molecule has 2 aromatic carbocycles. The number of halogens is 2. The van der Waals surface area contributed by atoms with Gasteiger partial charge in [0.15, 0.2) is 0 Å². The zero-order valence-corrected chi connectivity index (χ0v) is 13.7. The van der Waals surface area contributed by atoms with Crippen LogP contribution in [0, 0.1) is 0 Å². The van der Waals surface area contributed by atoms with E-state index in [1.165, 1.54) is 0 Å². The van der Waals surface area contributed by atoms with E-state index < -0.39 is 0 Å². The summed E-state index contributed by atoms with van der Waals surface area (Å²) in [5.74, 6) is 1.53. The summed E-state index contributed by atoms with van der Waals surface area (Å²) in [6, 6.07) is 12.7. The van der Waals surface area contributed by atoms with Crippen LogP contribution in [-0.4, -0.2) is 17.3 Å². The van der Waals surface area contributed by atoms with Crippen LogP contribution in [0.4, 0.5) is 5.69 Å². The van der Waals surface area contributed by atoms with Crippen LogP contribution >= 0.6 is 23.2 Å². The number of aromatic nitrogens is 2. The van der Waals surface area contributed by atoms with Crippen molar-refractivity contribution in [3.8, 4) is 17.2 Å². The van der Waals surface area contributed by atoms with E-state index in [0.717, 1.165) is 11.3 Å². The fourth-order valence-corrected chi connectivity index (χ4v) is 2.61. The Morgan fingerprint density at radius 1 is 1.09 bits per heavy atom. The lowest BCUT2D eigenvalue weighted by Crippen LogP contribution is -1.99. The van der Waals surface area contributed by atoms with Gasteiger partial charge in [0.1, 0.15) is 5.75 Å². The molecule has 1 aromatic heterocycles. The van der Waals surface area contributed by atoms with Gasteiger partial charge in [-0.2, -0.15) is 0 Å². The molecule has 118 valence electrons. The number of rotatable bonds is 5. The molecule has 3 rings (SSSR count). The van der Waals surface area contributed by atoms with E-state index in [-0.39, 0.29) is 0 Å². The van der Waals surface area contributed by atoms with Crippen LogP contribution in [-0.2, 0) is 6.54 Å². The number of hydrogen-bond acceptors (Lipinski definition) is 5. The third kappa shape index (κ3) is 3.75. The normalized spacial score (nSPS) is 10.6. The Labute approximate surface area is 143 Å². The minimum absolute atomic E-state index is 0.360. The van der Waals surface area contributed by atoms with Gasteiger partial charge in [-0.1, -0.05) is 35.3 Å². The second-order valence-electron chi connectivity index (χ2n) is 4.71. The highest BCUT2D eigenvalue weighted by Crippen LogP contribution is 2.28. The van der Waals surface area contributed by atoms with E-state index >= 15 is 0 Å². The molecule has 0 fully saturated rings. The van der Waals surface area contributed by atoms with Crippen molar-refractivity contribution < 1.29 is 9.15 Å². The maximum absolute atomic E-state index is 5.96. The fraction of sp³-hybridized carbons (Fsp3) is 0.125. The van der Waals surface area contributed by atoms with E-state index in [2.05, 4.69) is 15.5 Å². The van der Waals surface area contributed by atoms with Gasteiger partial charge < -0.3 is 14.5 Å². The fourth-order valence-electron chi connectivity index (χ4n) is 2.09. The molecular weight excluding hydrogens is 337 g/mol. The topological polar surface area (TPSA) is 60.2 Å². The lowest BCUT2D eigenvalue weighted by atomic mass is 10.2. The van der Waals surface area contributed by atoms with Crippen molar-refractivity contribution in [2.75, 3.05) is 12.4 Å². The summed E-state index contributed by atoms with van der Waals surface area (Å²) < 4.78 is 11.0. The largest absolute Gasteiger partial charge is 0.496 e. The molecule has 0 bridgehead atoms. The van der Waals surface area contributed by atoms with Gasteiger partial charge in [-0.25, -0.2) is 0 Å². The Balaban J connectivity index is 1.75. The Morgan fingerprint density at radius 2 is 1.83 bits per heavy atom. The Hall–Kier alpha value is -2.24. The van der Waals surface area contributed by atoms with Crippen LogP contribution in [0.15, 0.2) is 46.9 Å². The first kappa shape index (κ1) is 15.6. The number of ether oxygens (including phenoxy) is 1. The first-order valence-corrected chi connectivity index (χ1v) is 7.57. The molecular formula is C16H13Cl2N3O2. The maximum Gasteiger partial charge on any atom is 0.251 e. The molecule has 23 heavy (non-hydrogen) atoms. The molecule has 0 saturated carbocycles. The van der Waals surface area contributed by atoms with E-state index in [9.17, 15) is 0 Å². The molecule has 1 N–H and O–H groups in total. The standard InChI is InChI=1S/C16H13Cl2N3O2/c1-22-14-5-3-2-4-13(14)16-21-20-15(23-16)9-19-12-7-10(17)6-11(18)8-12/h2-8,19H,9H2,1H3. The first-order chi connectivity index (χ1) is 11.2. The Kier molecular flexibility index (Phi) is 4.69. The first-order valence-electron chi connectivity index (χ1n) is 6.81. The van der Waals surface area contributed by atoms with Gasteiger partial charge in [-0.15, -0.1) is 10.2 Å². The monoisotopic (exact) mass is 349 g/mol. The van der Waals surface area contributed by atoms with Crippen molar-refractivity contribution in [2.45, 2.75) is 6.54 Å². The van der Waals surface area contributed by atoms with Gasteiger partial charge in [-0.3, -0.25) is 0 Å². The van der Waals surface area contributed by atoms with Crippen LogP contribution in [0.5, 0.6) is 5.75 Å². The van der Waals surface area contributed by atoms with Crippen molar-refractivity contribution in [2.24, 2.45) is 0 Å². The minimum atomic E-state index is 0.360.